The molecular weight excluding hydrogens is 443 g/mol. The molecule has 1 aliphatic rings. The van der Waals surface area contributed by atoms with Crippen LogP contribution in [0.25, 0.3) is 0 Å². The van der Waals surface area contributed by atoms with Crippen LogP contribution in [-0.4, -0.2) is 50.6 Å². The lowest BCUT2D eigenvalue weighted by Gasteiger charge is -2.24. The first-order chi connectivity index (χ1) is 12.1. The number of methoxy groups -OCH3 is 1. The number of hydrogen-bond donors (Lipinski definition) is 2. The Kier molecular flexibility index (Phi) is 10.4. The molecule has 6 nitrogen and oxygen atoms in total. The zero-order chi connectivity index (χ0) is 18.1. The first-order valence-corrected chi connectivity index (χ1v) is 8.96. The third-order valence-electron chi connectivity index (χ3n) is 4.53. The second-order valence-electron chi connectivity index (χ2n) is 6.51. The van der Waals surface area contributed by atoms with Gasteiger partial charge in [-0.2, -0.15) is 0 Å². The summed E-state index contributed by atoms with van der Waals surface area (Å²) in [6.45, 7) is 0.948. The van der Waals surface area contributed by atoms with Gasteiger partial charge in [-0.15, -0.1) is 24.0 Å². The minimum Gasteiger partial charge on any atom is -0.497 e. The smallest absolute Gasteiger partial charge is 0.239 e. The maximum Gasteiger partial charge on any atom is 0.239 e. The molecule has 0 heterocycles. The van der Waals surface area contributed by atoms with Crippen molar-refractivity contribution in [1.29, 1.82) is 0 Å². The summed E-state index contributed by atoms with van der Waals surface area (Å²) in [5, 5.41) is 6.25. The molecule has 0 saturated heterocycles. The summed E-state index contributed by atoms with van der Waals surface area (Å²) in [6.07, 6.45) is 5.90. The standard InChI is InChI=1S/C19H30N4O2.HI/c1-20-19(21-13-18(24)22-16-7-5-4-6-8-16)23(2)14-15-9-11-17(25-3)12-10-15;/h9-12,16H,4-8,13-14H2,1-3H3,(H,20,21)(H,22,24);1H. The Morgan fingerprint density at radius 1 is 1.23 bits per heavy atom. The van der Waals surface area contributed by atoms with Gasteiger partial charge in [0.2, 0.25) is 5.91 Å². The van der Waals surface area contributed by atoms with Crippen LogP contribution in [-0.2, 0) is 11.3 Å². The molecule has 0 bridgehead atoms. The molecule has 0 unspecified atom stereocenters. The van der Waals surface area contributed by atoms with Crippen molar-refractivity contribution in [2.45, 2.75) is 44.7 Å². The fourth-order valence-electron chi connectivity index (χ4n) is 3.15. The van der Waals surface area contributed by atoms with Gasteiger partial charge in [0.15, 0.2) is 5.96 Å². The molecule has 1 saturated carbocycles. The molecule has 146 valence electrons. The highest BCUT2D eigenvalue weighted by atomic mass is 127. The Hall–Kier alpha value is -1.51. The van der Waals surface area contributed by atoms with Gasteiger partial charge >= 0.3 is 0 Å². The molecule has 7 heteroatoms. The Balaban J connectivity index is 0.00000338. The maximum absolute atomic E-state index is 12.1. The number of rotatable bonds is 6. The lowest BCUT2D eigenvalue weighted by atomic mass is 9.95. The molecule has 0 spiro atoms. The van der Waals surface area contributed by atoms with Crippen LogP contribution in [0, 0.1) is 0 Å². The summed E-state index contributed by atoms with van der Waals surface area (Å²) in [6, 6.07) is 8.27. The molecule has 0 aliphatic heterocycles. The average Bonchev–Trinajstić information content (AvgIpc) is 2.63. The Morgan fingerprint density at radius 3 is 2.46 bits per heavy atom. The SMILES string of the molecule is CN=C(NCC(=O)NC1CCCCC1)N(C)Cc1ccc(OC)cc1.I. The van der Waals surface area contributed by atoms with Gasteiger partial charge in [-0.05, 0) is 30.5 Å². The first kappa shape index (κ1) is 22.5. The third kappa shape index (κ3) is 7.39. The van der Waals surface area contributed by atoms with E-state index in [1.54, 1.807) is 14.2 Å². The van der Waals surface area contributed by atoms with Crippen LogP contribution in [0.15, 0.2) is 29.3 Å². The maximum atomic E-state index is 12.1. The molecule has 1 aromatic carbocycles. The highest BCUT2D eigenvalue weighted by Crippen LogP contribution is 2.17. The van der Waals surface area contributed by atoms with Crippen molar-refractivity contribution >= 4 is 35.8 Å². The summed E-state index contributed by atoms with van der Waals surface area (Å²) in [5.41, 5.74) is 1.15. The number of aliphatic imine (C=N–C) groups is 1. The lowest BCUT2D eigenvalue weighted by molar-refractivity contribution is -0.120. The molecule has 1 aromatic rings. The van der Waals surface area contributed by atoms with Crippen LogP contribution in [0.2, 0.25) is 0 Å². The van der Waals surface area contributed by atoms with Crippen molar-refractivity contribution in [3.8, 4) is 5.75 Å². The monoisotopic (exact) mass is 474 g/mol. The van der Waals surface area contributed by atoms with E-state index < -0.39 is 0 Å². The van der Waals surface area contributed by atoms with Gasteiger partial charge in [-0.25, -0.2) is 0 Å². The van der Waals surface area contributed by atoms with E-state index in [0.29, 0.717) is 18.5 Å². The quantitative estimate of drug-likeness (QED) is 0.378. The molecule has 0 atom stereocenters. The van der Waals surface area contributed by atoms with Crippen LogP contribution >= 0.6 is 24.0 Å². The number of hydrogen-bond acceptors (Lipinski definition) is 3. The third-order valence-corrected chi connectivity index (χ3v) is 4.53. The Morgan fingerprint density at radius 2 is 1.88 bits per heavy atom. The van der Waals surface area contributed by atoms with E-state index in [0.717, 1.165) is 24.2 Å². The number of guanidine groups is 1. The first-order valence-electron chi connectivity index (χ1n) is 8.96. The Labute approximate surface area is 173 Å². The zero-order valence-electron chi connectivity index (χ0n) is 16.0. The van der Waals surface area contributed by atoms with E-state index in [9.17, 15) is 4.79 Å². The van der Waals surface area contributed by atoms with Gasteiger partial charge in [0, 0.05) is 26.7 Å². The van der Waals surface area contributed by atoms with Crippen molar-refractivity contribution in [3.05, 3.63) is 29.8 Å². The summed E-state index contributed by atoms with van der Waals surface area (Å²) in [5.74, 6) is 1.58. The topological polar surface area (TPSA) is 66.0 Å². The highest BCUT2D eigenvalue weighted by Gasteiger charge is 2.16. The van der Waals surface area contributed by atoms with Crippen LogP contribution in [0.3, 0.4) is 0 Å². The normalized spacial score (nSPS) is 15.0. The van der Waals surface area contributed by atoms with E-state index in [4.69, 9.17) is 4.74 Å². The molecular formula is C19H31IN4O2. The summed E-state index contributed by atoms with van der Waals surface area (Å²) in [7, 11) is 5.34. The number of benzene rings is 1. The fourth-order valence-corrected chi connectivity index (χ4v) is 3.15. The van der Waals surface area contributed by atoms with E-state index in [-0.39, 0.29) is 36.4 Å². The second kappa shape index (κ2) is 12.0. The molecule has 2 rings (SSSR count). The van der Waals surface area contributed by atoms with Crippen molar-refractivity contribution in [3.63, 3.8) is 0 Å². The van der Waals surface area contributed by atoms with Gasteiger partial charge in [0.25, 0.3) is 0 Å². The van der Waals surface area contributed by atoms with Crippen molar-refractivity contribution in [1.82, 2.24) is 15.5 Å². The van der Waals surface area contributed by atoms with Crippen LogP contribution in [0.1, 0.15) is 37.7 Å². The van der Waals surface area contributed by atoms with Crippen molar-refractivity contribution in [2.24, 2.45) is 4.99 Å². The molecule has 0 aromatic heterocycles. The van der Waals surface area contributed by atoms with Crippen LogP contribution in [0.4, 0.5) is 0 Å². The van der Waals surface area contributed by atoms with E-state index >= 15 is 0 Å². The molecule has 2 N–H and O–H groups in total. The lowest BCUT2D eigenvalue weighted by Crippen LogP contribution is -2.46. The van der Waals surface area contributed by atoms with Gasteiger partial charge in [-0.3, -0.25) is 9.79 Å². The molecule has 1 fully saturated rings. The second-order valence-corrected chi connectivity index (χ2v) is 6.51. The fraction of sp³-hybridized carbons (Fsp3) is 0.579. The summed E-state index contributed by atoms with van der Waals surface area (Å²) < 4.78 is 5.18. The predicted molar refractivity (Wildman–Crippen MR) is 116 cm³/mol. The minimum absolute atomic E-state index is 0. The van der Waals surface area contributed by atoms with Gasteiger partial charge in [0.05, 0.1) is 13.7 Å². The van der Waals surface area contributed by atoms with E-state index in [1.165, 1.54) is 19.3 Å². The molecule has 1 aliphatic carbocycles. The van der Waals surface area contributed by atoms with Gasteiger partial charge < -0.3 is 20.3 Å². The zero-order valence-corrected chi connectivity index (χ0v) is 18.3. The number of nitrogens with zero attached hydrogens (tertiary/aromatic N) is 2. The minimum atomic E-state index is 0. The van der Waals surface area contributed by atoms with Crippen LogP contribution in [0.5, 0.6) is 5.75 Å². The number of halogens is 1. The number of nitrogens with one attached hydrogen (secondary N) is 2. The van der Waals surface area contributed by atoms with Crippen molar-refractivity contribution in [2.75, 3.05) is 27.7 Å². The summed E-state index contributed by atoms with van der Waals surface area (Å²) >= 11 is 0. The number of ether oxygens (including phenoxy) is 1. The average molecular weight is 474 g/mol. The van der Waals surface area contributed by atoms with Crippen molar-refractivity contribution < 1.29 is 9.53 Å². The van der Waals surface area contributed by atoms with E-state index in [2.05, 4.69) is 15.6 Å². The molecule has 0 radical (unpaired) electrons. The van der Waals surface area contributed by atoms with E-state index in [1.807, 2.05) is 36.2 Å². The van der Waals surface area contributed by atoms with Crippen LogP contribution < -0.4 is 15.4 Å². The number of carbonyl (C=O) groups is 1. The summed E-state index contributed by atoms with van der Waals surface area (Å²) in [4.78, 5) is 18.4. The highest BCUT2D eigenvalue weighted by molar-refractivity contribution is 14.0. The molecule has 26 heavy (non-hydrogen) atoms. The Bertz CT molecular complexity index is 571. The predicted octanol–water partition coefficient (Wildman–Crippen LogP) is 2.77. The number of carbonyl (C=O) groups excluding carboxylic acids is 1. The van der Waals surface area contributed by atoms with Gasteiger partial charge in [0.1, 0.15) is 5.75 Å². The molecule has 1 amide bonds. The largest absolute Gasteiger partial charge is 0.497 e. The number of amides is 1. The van der Waals surface area contributed by atoms with Gasteiger partial charge in [-0.1, -0.05) is 31.4 Å².